The van der Waals surface area contributed by atoms with Crippen LogP contribution in [0.3, 0.4) is 0 Å². The van der Waals surface area contributed by atoms with Gasteiger partial charge in [0.15, 0.2) is 0 Å². The molecule has 0 aliphatic carbocycles. The summed E-state index contributed by atoms with van der Waals surface area (Å²) in [5.74, 6) is -0.181. The molecule has 0 aromatic rings. The molecule has 0 heterocycles. The Morgan fingerprint density at radius 3 is 1.06 bits per heavy atom. The minimum absolute atomic E-state index is 0.0564. The average Bonchev–Trinajstić information content (AvgIpc) is 3.70. The summed E-state index contributed by atoms with van der Waals surface area (Å²) in [5.41, 5.74) is 0. The largest absolute Gasteiger partial charge is 0.472 e. The van der Waals surface area contributed by atoms with Crippen LogP contribution in [-0.2, 0) is 18.4 Å². The van der Waals surface area contributed by atoms with E-state index in [4.69, 9.17) is 9.05 Å². The molecule has 3 atom stereocenters. The topological polar surface area (TPSA) is 105 Å². The highest BCUT2D eigenvalue weighted by Gasteiger charge is 2.28. The first kappa shape index (κ1) is 84.9. The Hall–Kier alpha value is -2.06. The Labute approximate surface area is 542 Å². The minimum Gasteiger partial charge on any atom is -0.387 e. The first-order chi connectivity index (χ1) is 42.5. The molecule has 510 valence electrons. The third kappa shape index (κ3) is 71.2. The molecule has 0 rings (SSSR count). The fourth-order valence-electron chi connectivity index (χ4n) is 11.3. The lowest BCUT2D eigenvalue weighted by Gasteiger charge is -2.25. The summed E-state index contributed by atoms with van der Waals surface area (Å²) in [6.07, 6.45) is 96.6. The van der Waals surface area contributed by atoms with Crippen LogP contribution in [0.1, 0.15) is 367 Å². The number of phosphoric ester groups is 1. The van der Waals surface area contributed by atoms with Gasteiger partial charge in [-0.25, -0.2) is 4.57 Å². The number of amides is 1. The number of hydrogen-bond donors (Lipinski definition) is 3. The molecule has 3 N–H and O–H groups in total. The first-order valence-electron chi connectivity index (χ1n) is 37.8. The molecule has 9 heteroatoms. The van der Waals surface area contributed by atoms with E-state index in [1.165, 1.54) is 283 Å². The van der Waals surface area contributed by atoms with Crippen molar-refractivity contribution in [2.45, 2.75) is 379 Å². The molecule has 0 aromatic carbocycles. The van der Waals surface area contributed by atoms with Crippen LogP contribution < -0.4 is 5.32 Å². The van der Waals surface area contributed by atoms with Gasteiger partial charge in [0.1, 0.15) is 13.2 Å². The van der Waals surface area contributed by atoms with Crippen LogP contribution in [0.2, 0.25) is 0 Å². The Balaban J connectivity index is 4.02. The Morgan fingerprint density at radius 2 is 0.701 bits per heavy atom. The lowest BCUT2D eigenvalue weighted by atomic mass is 10.0. The summed E-state index contributed by atoms with van der Waals surface area (Å²) in [5, 5.41) is 14.0. The molecule has 0 aliphatic rings. The summed E-state index contributed by atoms with van der Waals surface area (Å²) in [7, 11) is 1.57. The third-order valence-corrected chi connectivity index (χ3v) is 18.1. The monoisotopic (exact) mass is 1240 g/mol. The van der Waals surface area contributed by atoms with Crippen LogP contribution in [0.25, 0.3) is 0 Å². The number of hydrogen-bond acceptors (Lipinski definition) is 5. The van der Waals surface area contributed by atoms with Crippen molar-refractivity contribution in [1.29, 1.82) is 0 Å². The van der Waals surface area contributed by atoms with Crippen molar-refractivity contribution < 1.29 is 32.9 Å². The zero-order valence-electron chi connectivity index (χ0n) is 58.5. The molecule has 0 aliphatic heterocycles. The van der Waals surface area contributed by atoms with Crippen molar-refractivity contribution >= 4 is 13.7 Å². The van der Waals surface area contributed by atoms with Crippen LogP contribution in [-0.4, -0.2) is 73.4 Å². The highest BCUT2D eigenvalue weighted by molar-refractivity contribution is 7.47. The quantitative estimate of drug-likeness (QED) is 0.0243. The van der Waals surface area contributed by atoms with Crippen LogP contribution >= 0.6 is 7.82 Å². The first-order valence-corrected chi connectivity index (χ1v) is 39.3. The van der Waals surface area contributed by atoms with Gasteiger partial charge in [-0.3, -0.25) is 13.8 Å². The van der Waals surface area contributed by atoms with Crippen LogP contribution in [0.5, 0.6) is 0 Å². The van der Waals surface area contributed by atoms with Gasteiger partial charge in [0, 0.05) is 6.42 Å². The summed E-state index contributed by atoms with van der Waals surface area (Å²) >= 11 is 0. The van der Waals surface area contributed by atoms with E-state index in [1.807, 2.05) is 27.2 Å². The number of carbonyl (C=O) groups excluding carboxylic acids is 1. The van der Waals surface area contributed by atoms with Crippen LogP contribution in [0.15, 0.2) is 72.9 Å². The Kier molecular flexibility index (Phi) is 66.7. The number of quaternary nitrogens is 1. The lowest BCUT2D eigenvalue weighted by Crippen LogP contribution is -2.45. The van der Waals surface area contributed by atoms with E-state index in [0.29, 0.717) is 17.4 Å². The Morgan fingerprint density at radius 1 is 0.402 bits per heavy atom. The van der Waals surface area contributed by atoms with Gasteiger partial charge in [-0.15, -0.1) is 0 Å². The number of rotatable bonds is 70. The number of likely N-dealkylation sites (N-methyl/N-ethyl adjacent to an activating group) is 1. The van der Waals surface area contributed by atoms with Gasteiger partial charge in [0.05, 0.1) is 39.9 Å². The number of aliphatic hydroxyl groups excluding tert-OH is 1. The van der Waals surface area contributed by atoms with Gasteiger partial charge in [-0.2, -0.15) is 0 Å². The summed E-state index contributed by atoms with van der Waals surface area (Å²) < 4.78 is 23.8. The predicted octanol–water partition coefficient (Wildman–Crippen LogP) is 24.5. The fraction of sp³-hybridized carbons (Fsp3) is 0.833. The van der Waals surface area contributed by atoms with Gasteiger partial charge in [0.25, 0.3) is 0 Å². The van der Waals surface area contributed by atoms with E-state index in [1.54, 1.807) is 6.08 Å². The summed E-state index contributed by atoms with van der Waals surface area (Å²) in [6.45, 7) is 4.73. The second kappa shape index (κ2) is 68.3. The minimum atomic E-state index is -4.37. The van der Waals surface area contributed by atoms with Crippen LogP contribution in [0.4, 0.5) is 0 Å². The van der Waals surface area contributed by atoms with E-state index in [0.717, 1.165) is 64.2 Å². The number of aliphatic hydroxyl groups is 1. The van der Waals surface area contributed by atoms with Gasteiger partial charge in [-0.1, -0.05) is 363 Å². The Bertz CT molecular complexity index is 1650. The fourth-order valence-corrected chi connectivity index (χ4v) is 12.1. The number of nitrogens with one attached hydrogen (secondary N) is 1. The highest BCUT2D eigenvalue weighted by Crippen LogP contribution is 2.43. The van der Waals surface area contributed by atoms with E-state index in [9.17, 15) is 19.4 Å². The van der Waals surface area contributed by atoms with Crippen molar-refractivity contribution in [3.63, 3.8) is 0 Å². The maximum absolute atomic E-state index is 13.1. The van der Waals surface area contributed by atoms with Crippen molar-refractivity contribution in [2.24, 2.45) is 0 Å². The standard InChI is InChI=1S/C78H147N2O6P/c1-6-8-10-12-14-16-18-20-22-24-26-28-30-32-34-36-38-39-40-41-42-44-46-48-50-52-54-56-58-60-62-64-66-68-70-72-78(82)79-76(75-86-87(83,84)85-74-73-80(3,4)5)77(81)71-69-67-65-63-61-59-57-55-53-51-49-47-45-43-37-35-33-31-29-27-25-23-21-19-17-15-13-11-9-7-2/h8,10,14,16,20,22,26,28,61,63,69,71,76-77,81H,6-7,9,11-13,15,17-19,21,23-25,27,29-60,62,64-68,70,72-75H2,1-5H3,(H-,79,82,83,84)/p+1/b10-8-,16-14-,22-20-,28-26-,63-61+,71-69+. The van der Waals surface area contributed by atoms with Crippen molar-refractivity contribution in [1.82, 2.24) is 5.32 Å². The molecule has 0 saturated heterocycles. The predicted molar refractivity (Wildman–Crippen MR) is 383 cm³/mol. The van der Waals surface area contributed by atoms with Gasteiger partial charge in [-0.05, 0) is 70.6 Å². The molecule has 8 nitrogen and oxygen atoms in total. The molecule has 0 bridgehead atoms. The molecule has 1 amide bonds. The van der Waals surface area contributed by atoms with Gasteiger partial charge < -0.3 is 19.8 Å². The van der Waals surface area contributed by atoms with E-state index in [2.05, 4.69) is 79.9 Å². The third-order valence-electron chi connectivity index (χ3n) is 17.2. The molecule has 0 aromatic heterocycles. The van der Waals surface area contributed by atoms with Crippen molar-refractivity contribution in [3.8, 4) is 0 Å². The van der Waals surface area contributed by atoms with Crippen molar-refractivity contribution in [2.75, 3.05) is 40.9 Å². The zero-order valence-corrected chi connectivity index (χ0v) is 59.4. The number of carbonyl (C=O) groups is 1. The zero-order chi connectivity index (χ0) is 63.4. The van der Waals surface area contributed by atoms with E-state index < -0.39 is 20.0 Å². The normalized spacial score (nSPS) is 14.0. The van der Waals surface area contributed by atoms with Gasteiger partial charge in [0.2, 0.25) is 5.91 Å². The van der Waals surface area contributed by atoms with Crippen molar-refractivity contribution in [3.05, 3.63) is 72.9 Å². The number of allylic oxidation sites excluding steroid dienone is 11. The lowest BCUT2D eigenvalue weighted by molar-refractivity contribution is -0.870. The van der Waals surface area contributed by atoms with E-state index >= 15 is 0 Å². The molecule has 0 fully saturated rings. The van der Waals surface area contributed by atoms with Crippen LogP contribution in [0, 0.1) is 0 Å². The number of nitrogens with zero attached hydrogens (tertiary/aromatic N) is 1. The number of phosphoric acid groups is 1. The molecular formula is C78H148N2O6P+. The maximum Gasteiger partial charge on any atom is 0.472 e. The molecular weight excluding hydrogens is 1090 g/mol. The summed E-state index contributed by atoms with van der Waals surface area (Å²) in [4.78, 5) is 23.5. The molecule has 87 heavy (non-hydrogen) atoms. The molecule has 0 spiro atoms. The second-order valence-corrected chi connectivity index (χ2v) is 28.4. The SMILES string of the molecule is CC/C=C\C/C=C\C/C=C\C/C=C\CCCCCCCCCCCCCCCCCCCCCCCCC(=O)NC(COP(=O)(O)OCC[N+](C)(C)C)C(O)/C=C/CC/C=C/CCCCCCCCCCCCCCCCCCCCCCCCCC. The molecule has 3 unspecified atom stereocenters. The smallest absolute Gasteiger partial charge is 0.387 e. The van der Waals surface area contributed by atoms with Gasteiger partial charge >= 0.3 is 7.82 Å². The second-order valence-electron chi connectivity index (χ2n) is 27.0. The molecule has 0 saturated carbocycles. The maximum atomic E-state index is 13.1. The average molecular weight is 1240 g/mol. The number of unbranched alkanes of at least 4 members (excludes halogenated alkanes) is 47. The van der Waals surface area contributed by atoms with E-state index in [-0.39, 0.29) is 19.1 Å². The highest BCUT2D eigenvalue weighted by atomic mass is 31.2. The molecule has 0 radical (unpaired) electrons. The summed E-state index contributed by atoms with van der Waals surface area (Å²) in [6, 6.07) is -0.866.